The van der Waals surface area contributed by atoms with Crippen molar-refractivity contribution in [2.45, 2.75) is 49.8 Å². The van der Waals surface area contributed by atoms with E-state index in [-0.39, 0.29) is 33.7 Å². The van der Waals surface area contributed by atoms with Crippen LogP contribution in [-0.2, 0) is 14.6 Å². The predicted octanol–water partition coefficient (Wildman–Crippen LogP) is 4.05. The van der Waals surface area contributed by atoms with E-state index in [4.69, 9.17) is 11.6 Å². The Morgan fingerprint density at radius 1 is 1.29 bits per heavy atom. The van der Waals surface area contributed by atoms with Gasteiger partial charge in [-0.1, -0.05) is 49.0 Å². The van der Waals surface area contributed by atoms with E-state index in [1.807, 2.05) is 0 Å². The zero-order chi connectivity index (χ0) is 19.9. The van der Waals surface area contributed by atoms with Crippen LogP contribution in [0.4, 0.5) is 10.1 Å². The Kier molecular flexibility index (Phi) is 5.73. The van der Waals surface area contributed by atoms with Gasteiger partial charge in [0.05, 0.1) is 22.6 Å². The fraction of sp³-hybridized carbons (Fsp3) is 0.579. The molecule has 4 rings (SSSR count). The number of benzene rings is 1. The molecule has 0 N–H and O–H groups in total. The van der Waals surface area contributed by atoms with Crippen molar-refractivity contribution in [2.75, 3.05) is 16.4 Å². The van der Waals surface area contributed by atoms with E-state index in [2.05, 4.69) is 4.99 Å². The minimum Gasteiger partial charge on any atom is -0.315 e. The molecule has 28 heavy (non-hydrogen) atoms. The van der Waals surface area contributed by atoms with E-state index >= 15 is 0 Å². The Bertz CT molecular complexity index is 916. The van der Waals surface area contributed by atoms with Crippen molar-refractivity contribution in [1.82, 2.24) is 0 Å². The molecule has 1 saturated carbocycles. The molecule has 2 saturated heterocycles. The number of sulfone groups is 1. The minimum absolute atomic E-state index is 0.00248. The van der Waals surface area contributed by atoms with Gasteiger partial charge in [0.1, 0.15) is 5.82 Å². The first kappa shape index (κ1) is 20.2. The molecule has 0 aromatic heterocycles. The molecule has 2 atom stereocenters. The Labute approximate surface area is 173 Å². The van der Waals surface area contributed by atoms with E-state index in [1.165, 1.54) is 49.6 Å². The highest BCUT2D eigenvalue weighted by molar-refractivity contribution is 8.16. The average Bonchev–Trinajstić information content (AvgIpc) is 3.30. The molecule has 5 nitrogen and oxygen atoms in total. The van der Waals surface area contributed by atoms with Crippen LogP contribution >= 0.6 is 23.4 Å². The number of aliphatic imine (C=N–C) groups is 1. The second-order valence-corrected chi connectivity index (χ2v) is 11.5. The highest BCUT2D eigenvalue weighted by atomic mass is 35.5. The molecule has 0 bridgehead atoms. The SMILES string of the molecule is O=C(CCC1CCCC1)N=C1S[C@@H]2CS(=O)(=O)C[C@H]2N1c1ccc(Cl)c(F)c1. The highest BCUT2D eigenvalue weighted by Crippen LogP contribution is 2.41. The molecular formula is C19H22ClFN2O3S2. The summed E-state index contributed by atoms with van der Waals surface area (Å²) < 4.78 is 38.2. The van der Waals surface area contributed by atoms with Crippen LogP contribution in [0.2, 0.25) is 5.02 Å². The predicted molar refractivity (Wildman–Crippen MR) is 111 cm³/mol. The second kappa shape index (κ2) is 7.95. The maximum atomic E-state index is 14.0. The highest BCUT2D eigenvalue weighted by Gasteiger charge is 2.49. The van der Waals surface area contributed by atoms with E-state index < -0.39 is 15.7 Å². The molecule has 9 heteroatoms. The molecule has 1 amide bonds. The largest absolute Gasteiger partial charge is 0.315 e. The summed E-state index contributed by atoms with van der Waals surface area (Å²) in [6.45, 7) is 0. The smallest absolute Gasteiger partial charge is 0.248 e. The van der Waals surface area contributed by atoms with Gasteiger partial charge in [0.25, 0.3) is 0 Å². The van der Waals surface area contributed by atoms with Crippen LogP contribution < -0.4 is 4.90 Å². The summed E-state index contributed by atoms with van der Waals surface area (Å²) in [6.07, 6.45) is 6.06. The number of amides is 1. The van der Waals surface area contributed by atoms with Crippen molar-refractivity contribution in [3.63, 3.8) is 0 Å². The first-order valence-corrected chi connectivity index (χ1v) is 12.6. The van der Waals surface area contributed by atoms with Gasteiger partial charge in [-0.2, -0.15) is 4.99 Å². The van der Waals surface area contributed by atoms with E-state index in [9.17, 15) is 17.6 Å². The van der Waals surface area contributed by atoms with Gasteiger partial charge in [0.2, 0.25) is 5.91 Å². The van der Waals surface area contributed by atoms with Crippen LogP contribution in [0.1, 0.15) is 38.5 Å². The fourth-order valence-electron chi connectivity index (χ4n) is 4.29. The number of rotatable bonds is 4. The molecule has 3 fully saturated rings. The Balaban J connectivity index is 1.57. The number of carbonyl (C=O) groups excluding carboxylic acids is 1. The molecule has 3 aliphatic rings. The average molecular weight is 445 g/mol. The van der Waals surface area contributed by atoms with Gasteiger partial charge in [-0.15, -0.1) is 0 Å². The molecule has 152 valence electrons. The van der Waals surface area contributed by atoms with Crippen LogP contribution in [0, 0.1) is 11.7 Å². The first-order chi connectivity index (χ1) is 13.3. The van der Waals surface area contributed by atoms with Crippen LogP contribution in [0.15, 0.2) is 23.2 Å². The monoisotopic (exact) mass is 444 g/mol. The number of nitrogens with zero attached hydrogens (tertiary/aromatic N) is 2. The van der Waals surface area contributed by atoms with Crippen molar-refractivity contribution >= 4 is 50.0 Å². The number of fused-ring (bicyclic) bond motifs is 1. The number of hydrogen-bond acceptors (Lipinski definition) is 4. The lowest BCUT2D eigenvalue weighted by molar-refractivity contribution is -0.118. The van der Waals surface area contributed by atoms with Crippen molar-refractivity contribution < 1.29 is 17.6 Å². The fourth-order valence-corrected chi connectivity index (χ4v) is 8.34. The Hall–Kier alpha value is -1.12. The van der Waals surface area contributed by atoms with Gasteiger partial charge < -0.3 is 4.90 Å². The lowest BCUT2D eigenvalue weighted by Gasteiger charge is -2.24. The molecule has 0 radical (unpaired) electrons. The van der Waals surface area contributed by atoms with Crippen LogP contribution in [0.25, 0.3) is 0 Å². The van der Waals surface area contributed by atoms with Gasteiger partial charge in [-0.3, -0.25) is 4.79 Å². The number of hydrogen-bond donors (Lipinski definition) is 0. The van der Waals surface area contributed by atoms with E-state index in [0.717, 1.165) is 6.42 Å². The normalized spacial score (nSPS) is 28.2. The van der Waals surface area contributed by atoms with Crippen LogP contribution in [0.3, 0.4) is 0 Å². The quantitative estimate of drug-likeness (QED) is 0.700. The Morgan fingerprint density at radius 2 is 2.04 bits per heavy atom. The number of thioether (sulfide) groups is 1. The number of halogens is 2. The van der Waals surface area contributed by atoms with Crippen molar-refractivity contribution in [3.05, 3.63) is 29.0 Å². The summed E-state index contributed by atoms with van der Waals surface area (Å²) >= 11 is 7.09. The van der Waals surface area contributed by atoms with Gasteiger partial charge in [0.15, 0.2) is 15.0 Å². The van der Waals surface area contributed by atoms with Crippen molar-refractivity contribution in [1.29, 1.82) is 0 Å². The standard InChI is InChI=1S/C19H22ClFN2O3S2/c20-14-7-6-13(9-15(14)21)23-16-10-28(25,26)11-17(16)27-19(23)22-18(24)8-5-12-3-1-2-4-12/h6-7,9,12,16-17H,1-5,8,10-11H2/t16-,17-/m1/s1. The molecule has 2 aliphatic heterocycles. The zero-order valence-electron chi connectivity index (χ0n) is 15.3. The summed E-state index contributed by atoms with van der Waals surface area (Å²) in [5.41, 5.74) is 0.473. The summed E-state index contributed by atoms with van der Waals surface area (Å²) in [5.74, 6) is -0.155. The zero-order valence-corrected chi connectivity index (χ0v) is 17.7. The lowest BCUT2D eigenvalue weighted by Crippen LogP contribution is -2.37. The lowest BCUT2D eigenvalue weighted by atomic mass is 10.0. The van der Waals surface area contributed by atoms with Crippen molar-refractivity contribution in [2.24, 2.45) is 10.9 Å². The third-order valence-electron chi connectivity index (χ3n) is 5.71. The molecule has 1 aromatic rings. The molecule has 0 spiro atoms. The minimum atomic E-state index is -3.16. The maximum absolute atomic E-state index is 14.0. The number of anilines is 1. The maximum Gasteiger partial charge on any atom is 0.248 e. The van der Waals surface area contributed by atoms with E-state index in [0.29, 0.717) is 23.2 Å². The molecule has 1 aromatic carbocycles. The molecular weight excluding hydrogens is 423 g/mol. The third-order valence-corrected chi connectivity index (χ3v) is 9.23. The van der Waals surface area contributed by atoms with Gasteiger partial charge in [-0.25, -0.2) is 12.8 Å². The number of carbonyl (C=O) groups is 1. The molecule has 2 heterocycles. The first-order valence-electron chi connectivity index (χ1n) is 9.55. The summed E-state index contributed by atoms with van der Waals surface area (Å²) in [6, 6.07) is 4.00. The van der Waals surface area contributed by atoms with Gasteiger partial charge in [0, 0.05) is 17.4 Å². The summed E-state index contributed by atoms with van der Waals surface area (Å²) in [5, 5.41) is 0.255. The topological polar surface area (TPSA) is 66.8 Å². The summed E-state index contributed by atoms with van der Waals surface area (Å²) in [7, 11) is -3.16. The second-order valence-electron chi connectivity index (χ2n) is 7.75. The Morgan fingerprint density at radius 3 is 2.75 bits per heavy atom. The van der Waals surface area contributed by atoms with E-state index in [1.54, 1.807) is 11.0 Å². The molecule has 1 aliphatic carbocycles. The van der Waals surface area contributed by atoms with Gasteiger partial charge in [-0.05, 0) is 30.5 Å². The van der Waals surface area contributed by atoms with Gasteiger partial charge >= 0.3 is 0 Å². The molecule has 0 unspecified atom stereocenters. The van der Waals surface area contributed by atoms with Crippen LogP contribution in [0.5, 0.6) is 0 Å². The number of amidine groups is 1. The third kappa shape index (κ3) is 4.24. The van der Waals surface area contributed by atoms with Crippen molar-refractivity contribution in [3.8, 4) is 0 Å². The summed E-state index contributed by atoms with van der Waals surface area (Å²) in [4.78, 5) is 18.5. The van der Waals surface area contributed by atoms with Crippen LogP contribution in [-0.4, -0.2) is 42.3 Å².